The molecule has 0 radical (unpaired) electrons. The molecule has 2 unspecified atom stereocenters. The van der Waals surface area contributed by atoms with Crippen LogP contribution in [0.3, 0.4) is 0 Å². The lowest BCUT2D eigenvalue weighted by molar-refractivity contribution is -0.870. The number of unbranched alkanes of at least 4 members (excludes halogenated alkanes) is 44. The van der Waals surface area contributed by atoms with Crippen molar-refractivity contribution in [3.63, 3.8) is 0 Å². The van der Waals surface area contributed by atoms with Crippen LogP contribution < -0.4 is 5.11 Å². The first-order valence-corrected chi connectivity index (χ1v) is 34.6. The third-order valence-corrected chi connectivity index (χ3v) is 15.6. The van der Waals surface area contributed by atoms with Crippen LogP contribution in [-0.2, 0) is 33.3 Å². The number of quaternary nitrogens is 1. The Kier molecular flexibility index (Phi) is 60.6. The number of carbonyl (C=O) groups excluding carboxylic acids is 3. The van der Waals surface area contributed by atoms with Gasteiger partial charge in [0.2, 0.25) is 0 Å². The molecule has 2 atom stereocenters. The summed E-state index contributed by atoms with van der Waals surface area (Å²) >= 11 is 0. The summed E-state index contributed by atoms with van der Waals surface area (Å²) in [6.07, 6.45) is 75.1. The average molecular weight is 1130 g/mol. The number of carboxylic acid groups (broad SMARTS) is 1. The normalized spacial score (nSPS) is 12.9. The number of rotatable bonds is 65. The largest absolute Gasteiger partial charge is 0.545 e. The summed E-state index contributed by atoms with van der Waals surface area (Å²) in [7, 11) is 5.94. The van der Waals surface area contributed by atoms with E-state index < -0.39 is 24.3 Å². The van der Waals surface area contributed by atoms with Crippen LogP contribution in [-0.4, -0.2) is 82.3 Å². The lowest BCUT2D eigenvalue weighted by Gasteiger charge is -2.26. The smallest absolute Gasteiger partial charge is 0.306 e. The molecular weight excluding hydrogens is 995 g/mol. The molecule has 0 heterocycles. The summed E-state index contributed by atoms with van der Waals surface area (Å²) in [5.74, 6) is -2.26. The molecule has 0 saturated heterocycles. The molecule has 0 bridgehead atoms. The van der Waals surface area contributed by atoms with Crippen molar-refractivity contribution in [2.45, 2.75) is 354 Å². The molecule has 0 spiro atoms. The van der Waals surface area contributed by atoms with E-state index in [4.69, 9.17) is 18.9 Å². The summed E-state index contributed by atoms with van der Waals surface area (Å²) in [4.78, 5) is 37.5. The number of aliphatic carboxylic acids is 1. The Morgan fingerprint density at radius 3 is 1.00 bits per heavy atom. The lowest BCUT2D eigenvalue weighted by atomic mass is 10.0. The minimum Gasteiger partial charge on any atom is -0.545 e. The summed E-state index contributed by atoms with van der Waals surface area (Å²) in [6, 6.07) is 0. The van der Waals surface area contributed by atoms with E-state index in [0.717, 1.165) is 44.9 Å². The van der Waals surface area contributed by atoms with Crippen LogP contribution in [0.1, 0.15) is 341 Å². The number of allylic oxidation sites excluding steroid dienone is 6. The van der Waals surface area contributed by atoms with Gasteiger partial charge in [-0.05, 0) is 51.4 Å². The van der Waals surface area contributed by atoms with Crippen molar-refractivity contribution in [3.05, 3.63) is 36.5 Å². The zero-order valence-corrected chi connectivity index (χ0v) is 53.7. The van der Waals surface area contributed by atoms with Crippen LogP contribution in [0.2, 0.25) is 0 Å². The monoisotopic (exact) mass is 1130 g/mol. The molecule has 0 aromatic rings. The zero-order chi connectivity index (χ0) is 58.3. The van der Waals surface area contributed by atoms with Gasteiger partial charge >= 0.3 is 11.9 Å². The molecule has 0 rings (SSSR count). The minimum absolute atomic E-state index is 0.150. The second kappa shape index (κ2) is 62.6. The SMILES string of the molecule is CCCCCCC/C=C\C/C=C\C/C=C\CCCCCCCCCCCCCCCCCCC(=O)OC(COC(=O)CCCCCCCCCCCCCCCCCCCCCCCCCC)COC(OCC[N+](C)(C)C)C(=O)[O-]. The highest BCUT2D eigenvalue weighted by molar-refractivity contribution is 5.70. The molecular formula is C71H133NO8. The predicted octanol–water partition coefficient (Wildman–Crippen LogP) is 19.9. The van der Waals surface area contributed by atoms with Gasteiger partial charge in [-0.3, -0.25) is 9.59 Å². The van der Waals surface area contributed by atoms with Crippen molar-refractivity contribution in [3.8, 4) is 0 Å². The molecule has 80 heavy (non-hydrogen) atoms. The Morgan fingerprint density at radius 1 is 0.375 bits per heavy atom. The van der Waals surface area contributed by atoms with Crippen molar-refractivity contribution >= 4 is 17.9 Å². The van der Waals surface area contributed by atoms with Gasteiger partial charge < -0.3 is 33.3 Å². The van der Waals surface area contributed by atoms with Crippen LogP contribution in [0.5, 0.6) is 0 Å². The van der Waals surface area contributed by atoms with Gasteiger partial charge in [0.1, 0.15) is 13.2 Å². The van der Waals surface area contributed by atoms with Gasteiger partial charge in [0.15, 0.2) is 12.4 Å². The second-order valence-electron chi connectivity index (χ2n) is 24.8. The van der Waals surface area contributed by atoms with Gasteiger partial charge in [0, 0.05) is 12.8 Å². The van der Waals surface area contributed by atoms with Crippen LogP contribution in [0.4, 0.5) is 0 Å². The molecule has 0 fully saturated rings. The van der Waals surface area contributed by atoms with E-state index in [2.05, 4.69) is 50.3 Å². The number of carbonyl (C=O) groups is 3. The van der Waals surface area contributed by atoms with E-state index in [1.165, 1.54) is 263 Å². The average Bonchev–Trinajstić information content (AvgIpc) is 3.43. The Balaban J connectivity index is 4.08. The molecule has 0 aromatic heterocycles. The summed E-state index contributed by atoms with van der Waals surface area (Å²) < 4.78 is 22.8. The van der Waals surface area contributed by atoms with Gasteiger partial charge in [-0.25, -0.2) is 0 Å². The molecule has 0 saturated carbocycles. The fourth-order valence-electron chi connectivity index (χ4n) is 10.3. The molecule has 0 amide bonds. The van der Waals surface area contributed by atoms with Gasteiger partial charge in [-0.1, -0.05) is 314 Å². The van der Waals surface area contributed by atoms with Crippen LogP contribution >= 0.6 is 0 Å². The number of carboxylic acids is 1. The number of hydrogen-bond acceptors (Lipinski definition) is 8. The second-order valence-corrected chi connectivity index (χ2v) is 24.8. The molecule has 470 valence electrons. The number of esters is 2. The standard InChI is InChI=1S/C71H133NO8/c1-6-8-10-12-14-16-18-20-22-24-26-28-30-32-33-34-35-36-37-38-40-42-44-46-48-50-52-54-56-58-60-62-69(74)80-67(66-79-71(70(75)76)77-64-63-72(3,4)5)65-78-68(73)61-59-57-55-53-51-49-47-45-43-41-39-31-29-27-25-23-21-19-17-15-13-11-9-7-2/h18,20,24,26,30,32,67,71H,6-17,19,21-23,25,27-29,31,33-66H2,1-5H3/b20-18-,26-24-,32-30-. The highest BCUT2D eigenvalue weighted by atomic mass is 16.7. The first kappa shape index (κ1) is 77.5. The third-order valence-electron chi connectivity index (χ3n) is 15.6. The maximum absolute atomic E-state index is 12.9. The van der Waals surface area contributed by atoms with E-state index in [1.54, 1.807) is 0 Å². The van der Waals surface area contributed by atoms with Gasteiger partial charge in [-0.2, -0.15) is 0 Å². The molecule has 0 aliphatic heterocycles. The van der Waals surface area contributed by atoms with E-state index >= 15 is 0 Å². The van der Waals surface area contributed by atoms with E-state index in [-0.39, 0.29) is 32.2 Å². The van der Waals surface area contributed by atoms with E-state index in [0.29, 0.717) is 23.9 Å². The quantitative estimate of drug-likeness (QED) is 0.0195. The topological polar surface area (TPSA) is 111 Å². The molecule has 0 aromatic carbocycles. The van der Waals surface area contributed by atoms with Crippen LogP contribution in [0, 0.1) is 0 Å². The maximum Gasteiger partial charge on any atom is 0.306 e. The highest BCUT2D eigenvalue weighted by Gasteiger charge is 2.22. The Morgan fingerprint density at radius 2 is 0.675 bits per heavy atom. The van der Waals surface area contributed by atoms with E-state index in [1.807, 2.05) is 21.1 Å². The van der Waals surface area contributed by atoms with Crippen molar-refractivity contribution in [1.29, 1.82) is 0 Å². The zero-order valence-electron chi connectivity index (χ0n) is 53.7. The maximum atomic E-state index is 12.9. The number of hydrogen-bond donors (Lipinski definition) is 0. The van der Waals surface area contributed by atoms with Crippen LogP contribution in [0.15, 0.2) is 36.5 Å². The first-order chi connectivity index (χ1) is 39.1. The van der Waals surface area contributed by atoms with Gasteiger partial charge in [-0.15, -0.1) is 0 Å². The molecule has 9 heteroatoms. The summed E-state index contributed by atoms with van der Waals surface area (Å²) in [5.41, 5.74) is 0. The predicted molar refractivity (Wildman–Crippen MR) is 339 cm³/mol. The third kappa shape index (κ3) is 63.1. The minimum atomic E-state index is -1.62. The fraction of sp³-hybridized carbons (Fsp3) is 0.873. The van der Waals surface area contributed by atoms with Crippen molar-refractivity contribution in [2.75, 3.05) is 47.5 Å². The van der Waals surface area contributed by atoms with Crippen molar-refractivity contribution in [1.82, 2.24) is 0 Å². The Bertz CT molecular complexity index is 1410. The molecule has 0 aliphatic carbocycles. The Hall–Kier alpha value is -2.49. The van der Waals surface area contributed by atoms with Crippen LogP contribution in [0.25, 0.3) is 0 Å². The summed E-state index contributed by atoms with van der Waals surface area (Å²) in [5, 5.41) is 11.8. The first-order valence-electron chi connectivity index (χ1n) is 34.6. The molecule has 9 nitrogen and oxygen atoms in total. The summed E-state index contributed by atoms with van der Waals surface area (Å²) in [6.45, 7) is 4.80. The number of nitrogens with zero attached hydrogens (tertiary/aromatic N) is 1. The highest BCUT2D eigenvalue weighted by Crippen LogP contribution is 2.18. The Labute approximate surface area is 496 Å². The number of likely N-dealkylation sites (N-methyl/N-ethyl adjacent to an activating group) is 1. The van der Waals surface area contributed by atoms with Crippen molar-refractivity contribution in [2.24, 2.45) is 0 Å². The molecule has 0 N–H and O–H groups in total. The van der Waals surface area contributed by atoms with Gasteiger partial charge in [0.25, 0.3) is 0 Å². The lowest BCUT2D eigenvalue weighted by Crippen LogP contribution is -2.44. The number of ether oxygens (including phenoxy) is 4. The van der Waals surface area contributed by atoms with E-state index in [9.17, 15) is 19.5 Å². The fourth-order valence-corrected chi connectivity index (χ4v) is 10.3. The molecule has 0 aliphatic rings. The van der Waals surface area contributed by atoms with Crippen molar-refractivity contribution < 1.29 is 42.9 Å². The van der Waals surface area contributed by atoms with Gasteiger partial charge in [0.05, 0.1) is 40.3 Å².